The maximum absolute atomic E-state index is 12.9. The van der Waals surface area contributed by atoms with E-state index in [1.54, 1.807) is 0 Å². The highest BCUT2D eigenvalue weighted by molar-refractivity contribution is 5.94. The van der Waals surface area contributed by atoms with Gasteiger partial charge in [0.25, 0.3) is 0 Å². The Kier molecular flexibility index (Phi) is 9.55. The molecular weight excluding hydrogens is 494 g/mol. The summed E-state index contributed by atoms with van der Waals surface area (Å²) in [6, 6.07) is 12.7. The van der Waals surface area contributed by atoms with Gasteiger partial charge in [-0.2, -0.15) is 0 Å². The quantitative estimate of drug-likeness (QED) is 0.317. The van der Waals surface area contributed by atoms with Gasteiger partial charge in [-0.15, -0.1) is 0 Å². The molecule has 0 heterocycles. The first kappa shape index (κ1) is 28.3. The van der Waals surface area contributed by atoms with Crippen molar-refractivity contribution in [1.82, 2.24) is 16.0 Å². The van der Waals surface area contributed by atoms with Gasteiger partial charge in [-0.25, -0.2) is 4.79 Å². The van der Waals surface area contributed by atoms with Gasteiger partial charge in [-0.1, -0.05) is 48.5 Å². The van der Waals surface area contributed by atoms with E-state index in [1.807, 2.05) is 48.5 Å². The van der Waals surface area contributed by atoms with Crippen LogP contribution in [0.4, 0.5) is 4.79 Å². The number of aliphatic hydroxyl groups is 1. The first-order valence-corrected chi connectivity index (χ1v) is 12.1. The highest BCUT2D eigenvalue weighted by Gasteiger charge is 2.33. The second-order valence-corrected chi connectivity index (χ2v) is 8.95. The number of carbonyl (C=O) groups is 5. The molecule has 3 atom stereocenters. The van der Waals surface area contributed by atoms with E-state index < -0.39 is 48.5 Å². The summed E-state index contributed by atoms with van der Waals surface area (Å²) in [5, 5.41) is 16.9. The van der Waals surface area contributed by atoms with Crippen LogP contribution in [0.15, 0.2) is 48.5 Å². The van der Waals surface area contributed by atoms with Gasteiger partial charge in [0.15, 0.2) is 0 Å². The van der Waals surface area contributed by atoms with Gasteiger partial charge in [-0.3, -0.25) is 19.2 Å². The molecule has 2 aromatic carbocycles. The fraction of sp³-hybridized carbons (Fsp3) is 0.370. The van der Waals surface area contributed by atoms with Crippen molar-refractivity contribution in [3.63, 3.8) is 0 Å². The largest absolute Gasteiger partial charge is 0.469 e. The number of ketones is 1. The molecule has 0 saturated carbocycles. The Bertz CT molecular complexity index is 1170. The van der Waals surface area contributed by atoms with Crippen LogP contribution < -0.4 is 16.0 Å². The molecule has 2 aromatic rings. The Morgan fingerprint density at radius 3 is 2.03 bits per heavy atom. The number of nitrogens with one attached hydrogen (secondary N) is 3. The summed E-state index contributed by atoms with van der Waals surface area (Å²) < 4.78 is 10.1. The molecular formula is C27H31N3O8. The van der Waals surface area contributed by atoms with Crippen molar-refractivity contribution in [2.75, 3.05) is 20.3 Å². The Hall–Kier alpha value is -4.25. The van der Waals surface area contributed by atoms with Gasteiger partial charge in [0.05, 0.1) is 26.2 Å². The van der Waals surface area contributed by atoms with Crippen molar-refractivity contribution in [2.24, 2.45) is 0 Å². The van der Waals surface area contributed by atoms with Crippen LogP contribution in [-0.4, -0.2) is 73.2 Å². The Labute approximate surface area is 219 Å². The third kappa shape index (κ3) is 6.94. The minimum absolute atomic E-state index is 0.0177. The Morgan fingerprint density at radius 2 is 1.50 bits per heavy atom. The van der Waals surface area contributed by atoms with Gasteiger partial charge in [0.2, 0.25) is 11.8 Å². The number of carbonyl (C=O) groups excluding carboxylic acids is 5. The van der Waals surface area contributed by atoms with Crippen molar-refractivity contribution < 1.29 is 38.6 Å². The number of hydrogen-bond acceptors (Lipinski definition) is 8. The van der Waals surface area contributed by atoms with Crippen LogP contribution in [0, 0.1) is 0 Å². The third-order valence-corrected chi connectivity index (χ3v) is 6.12. The molecule has 38 heavy (non-hydrogen) atoms. The fourth-order valence-electron chi connectivity index (χ4n) is 4.22. The third-order valence-electron chi connectivity index (χ3n) is 6.12. The molecule has 11 nitrogen and oxygen atoms in total. The molecule has 0 spiro atoms. The highest BCUT2D eigenvalue weighted by Crippen LogP contribution is 2.44. The Morgan fingerprint density at radius 1 is 0.921 bits per heavy atom. The summed E-state index contributed by atoms with van der Waals surface area (Å²) in [6.07, 6.45) is -2.83. The number of fused-ring (bicyclic) bond motifs is 3. The lowest BCUT2D eigenvalue weighted by atomic mass is 9.98. The SMILES string of the molecule is COC(=O)CC(NC(=O)OCC1c2ccccc2-c2ccccc21)C(=O)NC(C(=O)NCC(C)=O)C(C)O. The first-order valence-electron chi connectivity index (χ1n) is 12.1. The van der Waals surface area contributed by atoms with Gasteiger partial charge in [0.1, 0.15) is 24.5 Å². The minimum Gasteiger partial charge on any atom is -0.469 e. The number of esters is 1. The lowest BCUT2D eigenvalue weighted by Crippen LogP contribution is -2.58. The van der Waals surface area contributed by atoms with Crippen molar-refractivity contribution in [1.29, 1.82) is 0 Å². The number of rotatable bonds is 11. The molecule has 0 saturated heterocycles. The van der Waals surface area contributed by atoms with E-state index in [1.165, 1.54) is 13.8 Å². The zero-order chi connectivity index (χ0) is 27.8. The van der Waals surface area contributed by atoms with E-state index in [2.05, 4.69) is 20.7 Å². The standard InChI is InChI=1S/C27H31N3O8/c1-15(31)13-28-26(35)24(16(2)32)30-25(34)22(12-23(33)37-3)29-27(36)38-14-21-19-10-6-4-8-17(19)18-9-5-7-11-20(18)21/h4-11,16,21-22,24,32H,12-14H2,1-3H3,(H,28,35)(H,29,36)(H,30,34). The topological polar surface area (TPSA) is 160 Å². The smallest absolute Gasteiger partial charge is 0.407 e. The summed E-state index contributed by atoms with van der Waals surface area (Å²) in [5.74, 6) is -3.06. The molecule has 3 unspecified atom stereocenters. The van der Waals surface area contributed by atoms with Crippen LogP contribution in [0.1, 0.15) is 37.3 Å². The number of Topliss-reactive ketones (excluding diaryl/α,β-unsaturated/α-hetero) is 1. The molecule has 0 aromatic heterocycles. The fourth-order valence-corrected chi connectivity index (χ4v) is 4.22. The van der Waals surface area contributed by atoms with E-state index in [9.17, 15) is 29.1 Å². The molecule has 1 aliphatic rings. The second-order valence-electron chi connectivity index (χ2n) is 8.95. The van der Waals surface area contributed by atoms with Crippen LogP contribution in [0.2, 0.25) is 0 Å². The predicted octanol–water partition coefficient (Wildman–Crippen LogP) is 1.03. The van der Waals surface area contributed by atoms with Crippen LogP contribution in [0.5, 0.6) is 0 Å². The summed E-state index contributed by atoms with van der Waals surface area (Å²) >= 11 is 0. The predicted molar refractivity (Wildman–Crippen MR) is 136 cm³/mol. The zero-order valence-corrected chi connectivity index (χ0v) is 21.4. The molecule has 4 N–H and O–H groups in total. The zero-order valence-electron chi connectivity index (χ0n) is 21.4. The number of alkyl carbamates (subject to hydrolysis) is 1. The summed E-state index contributed by atoms with van der Waals surface area (Å²) in [7, 11) is 1.12. The number of hydrogen-bond donors (Lipinski definition) is 4. The van der Waals surface area contributed by atoms with Crippen LogP contribution in [0.3, 0.4) is 0 Å². The maximum atomic E-state index is 12.9. The average Bonchev–Trinajstić information content (AvgIpc) is 3.22. The second kappa shape index (κ2) is 12.8. The van der Waals surface area contributed by atoms with Crippen molar-refractivity contribution >= 4 is 29.7 Å². The molecule has 11 heteroatoms. The molecule has 0 bridgehead atoms. The lowest BCUT2D eigenvalue weighted by Gasteiger charge is -2.24. The van der Waals surface area contributed by atoms with Crippen molar-refractivity contribution in [2.45, 2.75) is 44.4 Å². The molecule has 1 aliphatic carbocycles. The maximum Gasteiger partial charge on any atom is 0.407 e. The summed E-state index contributed by atoms with van der Waals surface area (Å²) in [4.78, 5) is 61.1. The minimum atomic E-state index is -1.46. The normalized spacial score (nSPS) is 14.2. The van der Waals surface area contributed by atoms with Crippen LogP contribution in [-0.2, 0) is 28.7 Å². The van der Waals surface area contributed by atoms with E-state index in [0.717, 1.165) is 29.4 Å². The molecule has 0 aliphatic heterocycles. The van der Waals surface area contributed by atoms with Gasteiger partial charge in [0, 0.05) is 5.92 Å². The van der Waals surface area contributed by atoms with Gasteiger partial charge >= 0.3 is 12.1 Å². The van der Waals surface area contributed by atoms with Gasteiger partial charge in [-0.05, 0) is 36.1 Å². The van der Waals surface area contributed by atoms with E-state index in [4.69, 9.17) is 4.74 Å². The van der Waals surface area contributed by atoms with Crippen molar-refractivity contribution in [3.05, 3.63) is 59.7 Å². The number of amides is 3. The van der Waals surface area contributed by atoms with Crippen LogP contribution in [0.25, 0.3) is 11.1 Å². The molecule has 0 fully saturated rings. The number of aliphatic hydroxyl groups excluding tert-OH is 1. The van der Waals surface area contributed by atoms with Crippen LogP contribution >= 0.6 is 0 Å². The Balaban J connectivity index is 1.68. The molecule has 3 amide bonds. The van der Waals surface area contributed by atoms with E-state index >= 15 is 0 Å². The average molecular weight is 526 g/mol. The number of ether oxygens (including phenoxy) is 2. The summed E-state index contributed by atoms with van der Waals surface area (Å²) in [6.45, 7) is 2.23. The molecule has 202 valence electrons. The monoisotopic (exact) mass is 525 g/mol. The van der Waals surface area contributed by atoms with E-state index in [-0.39, 0.29) is 24.9 Å². The lowest BCUT2D eigenvalue weighted by molar-refractivity contribution is -0.143. The summed E-state index contributed by atoms with van der Waals surface area (Å²) in [5.41, 5.74) is 4.10. The van der Waals surface area contributed by atoms with Crippen molar-refractivity contribution in [3.8, 4) is 11.1 Å². The van der Waals surface area contributed by atoms with Gasteiger partial charge < -0.3 is 30.5 Å². The highest BCUT2D eigenvalue weighted by atomic mass is 16.5. The molecule has 3 rings (SSSR count). The molecule has 0 radical (unpaired) electrons. The number of methoxy groups -OCH3 is 1. The number of benzene rings is 2. The first-order chi connectivity index (χ1) is 18.1. The van der Waals surface area contributed by atoms with E-state index in [0.29, 0.717) is 0 Å².